The van der Waals surface area contributed by atoms with Crippen LogP contribution in [0.5, 0.6) is 0 Å². The standard InChI is InChI=1S/C18H19FN2O2/c1-3-14(22)10-21-17-7-12(9-20-16(17)8-18(21)23)15-5-4-13(19)6-11(15)2/h4-7,9,14,22H,3,8,10H2,1-2H3/t14-/m1/s1. The third-order valence-corrected chi connectivity index (χ3v) is 4.22. The van der Waals surface area contributed by atoms with E-state index in [0.29, 0.717) is 6.42 Å². The highest BCUT2D eigenvalue weighted by Crippen LogP contribution is 2.33. The van der Waals surface area contributed by atoms with Gasteiger partial charge < -0.3 is 10.0 Å². The van der Waals surface area contributed by atoms with Crippen LogP contribution in [-0.2, 0) is 11.2 Å². The number of hydrogen-bond donors (Lipinski definition) is 1. The van der Waals surface area contributed by atoms with Crippen LogP contribution in [0.25, 0.3) is 11.1 Å². The quantitative estimate of drug-likeness (QED) is 0.944. The normalized spacial score (nSPS) is 15.0. The first-order valence-corrected chi connectivity index (χ1v) is 7.73. The van der Waals surface area contributed by atoms with E-state index in [1.807, 2.05) is 19.9 Å². The molecule has 1 aromatic carbocycles. The Morgan fingerprint density at radius 2 is 2.17 bits per heavy atom. The van der Waals surface area contributed by atoms with Crippen molar-refractivity contribution in [3.05, 3.63) is 47.5 Å². The van der Waals surface area contributed by atoms with Gasteiger partial charge in [0, 0.05) is 11.8 Å². The summed E-state index contributed by atoms with van der Waals surface area (Å²) in [5.41, 5.74) is 4.01. The van der Waals surface area contributed by atoms with Crippen molar-refractivity contribution in [1.29, 1.82) is 0 Å². The maximum Gasteiger partial charge on any atom is 0.233 e. The number of benzene rings is 1. The van der Waals surface area contributed by atoms with Crippen molar-refractivity contribution >= 4 is 11.6 Å². The van der Waals surface area contributed by atoms with Gasteiger partial charge in [0.1, 0.15) is 5.82 Å². The molecule has 3 rings (SSSR count). The summed E-state index contributed by atoms with van der Waals surface area (Å²) in [5.74, 6) is -0.323. The number of anilines is 1. The molecule has 0 aliphatic carbocycles. The van der Waals surface area contributed by atoms with E-state index < -0.39 is 6.10 Å². The zero-order chi connectivity index (χ0) is 16.6. The van der Waals surface area contributed by atoms with Crippen molar-refractivity contribution < 1.29 is 14.3 Å². The first-order chi connectivity index (χ1) is 11.0. The lowest BCUT2D eigenvalue weighted by atomic mass is 10.0. The Morgan fingerprint density at radius 3 is 2.87 bits per heavy atom. The van der Waals surface area contributed by atoms with E-state index in [4.69, 9.17) is 0 Å². The van der Waals surface area contributed by atoms with Crippen LogP contribution in [0.2, 0.25) is 0 Å². The number of pyridine rings is 1. The third kappa shape index (κ3) is 2.97. The summed E-state index contributed by atoms with van der Waals surface area (Å²) in [5, 5.41) is 9.87. The fraction of sp³-hybridized carbons (Fsp3) is 0.333. The molecule has 5 heteroatoms. The molecule has 0 radical (unpaired) electrons. The highest BCUT2D eigenvalue weighted by Gasteiger charge is 2.30. The molecule has 1 aliphatic rings. The fourth-order valence-corrected chi connectivity index (χ4v) is 2.86. The van der Waals surface area contributed by atoms with Crippen molar-refractivity contribution in [2.75, 3.05) is 11.4 Å². The molecule has 2 aromatic rings. The number of carbonyl (C=O) groups is 1. The van der Waals surface area contributed by atoms with Crippen LogP contribution in [0.1, 0.15) is 24.6 Å². The summed E-state index contributed by atoms with van der Waals surface area (Å²) in [4.78, 5) is 18.2. The first-order valence-electron chi connectivity index (χ1n) is 7.73. The second-order valence-electron chi connectivity index (χ2n) is 5.89. The molecule has 0 saturated heterocycles. The molecular weight excluding hydrogens is 295 g/mol. The van der Waals surface area contributed by atoms with Crippen molar-refractivity contribution in [2.45, 2.75) is 32.8 Å². The van der Waals surface area contributed by atoms with Crippen molar-refractivity contribution in [1.82, 2.24) is 4.98 Å². The van der Waals surface area contributed by atoms with Gasteiger partial charge in [0.2, 0.25) is 5.91 Å². The molecule has 1 N–H and O–H groups in total. The Bertz CT molecular complexity index is 761. The van der Waals surface area contributed by atoms with Gasteiger partial charge in [0.05, 0.1) is 30.5 Å². The van der Waals surface area contributed by atoms with Gasteiger partial charge in [-0.05, 0) is 42.7 Å². The zero-order valence-corrected chi connectivity index (χ0v) is 13.2. The zero-order valence-electron chi connectivity index (χ0n) is 13.2. The maximum atomic E-state index is 13.3. The fourth-order valence-electron chi connectivity index (χ4n) is 2.86. The number of aliphatic hydroxyl groups excluding tert-OH is 1. The molecule has 0 unspecified atom stereocenters. The summed E-state index contributed by atoms with van der Waals surface area (Å²) < 4.78 is 13.3. The van der Waals surface area contributed by atoms with Crippen molar-refractivity contribution in [3.8, 4) is 11.1 Å². The van der Waals surface area contributed by atoms with Crippen LogP contribution >= 0.6 is 0 Å². The maximum absolute atomic E-state index is 13.3. The first kappa shape index (κ1) is 15.6. The number of nitrogens with zero attached hydrogens (tertiary/aromatic N) is 2. The van der Waals surface area contributed by atoms with Gasteiger partial charge >= 0.3 is 0 Å². The van der Waals surface area contributed by atoms with Crippen LogP contribution in [0.15, 0.2) is 30.5 Å². The molecule has 1 aliphatic heterocycles. The van der Waals surface area contributed by atoms with Gasteiger partial charge in [-0.3, -0.25) is 9.78 Å². The van der Waals surface area contributed by atoms with Crippen molar-refractivity contribution in [2.24, 2.45) is 0 Å². The Balaban J connectivity index is 2.00. The molecule has 0 saturated carbocycles. The van der Waals surface area contributed by atoms with Crippen LogP contribution < -0.4 is 4.90 Å². The summed E-state index contributed by atoms with van der Waals surface area (Å²) in [6.07, 6.45) is 2.00. The van der Waals surface area contributed by atoms with Crippen LogP contribution in [0.3, 0.4) is 0 Å². The van der Waals surface area contributed by atoms with Crippen LogP contribution in [0, 0.1) is 12.7 Å². The van der Waals surface area contributed by atoms with Gasteiger partial charge in [-0.25, -0.2) is 4.39 Å². The van der Waals surface area contributed by atoms with Crippen LogP contribution in [-0.4, -0.2) is 28.6 Å². The predicted molar refractivity (Wildman–Crippen MR) is 86.7 cm³/mol. The number of hydrogen-bond acceptors (Lipinski definition) is 3. The van der Waals surface area contributed by atoms with E-state index in [2.05, 4.69) is 4.98 Å². The minimum Gasteiger partial charge on any atom is -0.391 e. The number of fused-ring (bicyclic) bond motifs is 1. The average Bonchev–Trinajstić information content (AvgIpc) is 2.82. The van der Waals surface area contributed by atoms with E-state index in [0.717, 1.165) is 28.1 Å². The smallest absolute Gasteiger partial charge is 0.233 e. The molecular formula is C18H19FN2O2. The van der Waals surface area contributed by atoms with E-state index in [-0.39, 0.29) is 24.7 Å². The molecule has 23 heavy (non-hydrogen) atoms. The number of halogens is 1. The second-order valence-corrected chi connectivity index (χ2v) is 5.89. The van der Waals surface area contributed by atoms with E-state index in [1.165, 1.54) is 12.1 Å². The minimum absolute atomic E-state index is 0.0482. The molecule has 0 fully saturated rings. The number of aromatic nitrogens is 1. The molecule has 1 atom stereocenters. The molecule has 0 spiro atoms. The predicted octanol–water partition coefficient (Wildman–Crippen LogP) is 2.86. The lowest BCUT2D eigenvalue weighted by Crippen LogP contribution is -2.34. The largest absolute Gasteiger partial charge is 0.391 e. The van der Waals surface area contributed by atoms with Gasteiger partial charge in [0.15, 0.2) is 0 Å². The number of aliphatic hydroxyl groups is 1. The highest BCUT2D eigenvalue weighted by molar-refractivity contribution is 6.01. The Morgan fingerprint density at radius 1 is 1.39 bits per heavy atom. The van der Waals surface area contributed by atoms with Crippen LogP contribution in [0.4, 0.5) is 10.1 Å². The van der Waals surface area contributed by atoms with Gasteiger partial charge in [-0.2, -0.15) is 0 Å². The highest BCUT2D eigenvalue weighted by atomic mass is 19.1. The monoisotopic (exact) mass is 314 g/mol. The Kier molecular flexibility index (Phi) is 4.13. The number of β-amino-alcohol motifs (C(OH)–C–C–N with tert-alkyl or cyclic N) is 1. The Hall–Kier alpha value is -2.27. The molecule has 2 heterocycles. The summed E-state index contributed by atoms with van der Waals surface area (Å²) in [6.45, 7) is 3.99. The van der Waals surface area contributed by atoms with Crippen molar-refractivity contribution in [3.63, 3.8) is 0 Å². The summed E-state index contributed by atoms with van der Waals surface area (Å²) in [6, 6.07) is 6.51. The molecule has 4 nitrogen and oxygen atoms in total. The van der Waals surface area contributed by atoms with Gasteiger partial charge in [-0.1, -0.05) is 13.0 Å². The number of amides is 1. The average molecular weight is 314 g/mol. The van der Waals surface area contributed by atoms with E-state index >= 15 is 0 Å². The minimum atomic E-state index is -0.555. The lowest BCUT2D eigenvalue weighted by Gasteiger charge is -2.20. The van der Waals surface area contributed by atoms with Gasteiger partial charge in [-0.15, -0.1) is 0 Å². The lowest BCUT2D eigenvalue weighted by molar-refractivity contribution is -0.117. The second kappa shape index (κ2) is 6.08. The number of carbonyl (C=O) groups excluding carboxylic acids is 1. The third-order valence-electron chi connectivity index (χ3n) is 4.22. The topological polar surface area (TPSA) is 53.4 Å². The van der Waals surface area contributed by atoms with E-state index in [9.17, 15) is 14.3 Å². The Labute approximate surface area is 134 Å². The van der Waals surface area contributed by atoms with Gasteiger partial charge in [0.25, 0.3) is 0 Å². The summed E-state index contributed by atoms with van der Waals surface area (Å²) in [7, 11) is 0. The SMILES string of the molecule is CC[C@@H](O)CN1C(=O)Cc2ncc(-c3ccc(F)cc3C)cc21. The molecule has 1 amide bonds. The molecule has 1 aromatic heterocycles. The molecule has 120 valence electrons. The molecule has 0 bridgehead atoms. The number of aryl methyl sites for hydroxylation is 1. The van der Waals surface area contributed by atoms with E-state index in [1.54, 1.807) is 17.2 Å². The summed E-state index contributed by atoms with van der Waals surface area (Å²) >= 11 is 0. The number of rotatable bonds is 4.